The topological polar surface area (TPSA) is 66.5 Å². The third kappa shape index (κ3) is 5.92. The molecule has 1 amide bonds. The van der Waals surface area contributed by atoms with E-state index in [0.29, 0.717) is 5.69 Å². The molecule has 37 heavy (non-hydrogen) atoms. The van der Waals surface area contributed by atoms with Gasteiger partial charge in [0.15, 0.2) is 0 Å². The second kappa shape index (κ2) is 11.0. The van der Waals surface area contributed by atoms with Crippen LogP contribution in [0.25, 0.3) is 0 Å². The predicted octanol–water partition coefficient (Wildman–Crippen LogP) is 6.02. The van der Waals surface area contributed by atoms with Crippen LogP contribution in [0.2, 0.25) is 0 Å². The van der Waals surface area contributed by atoms with Crippen LogP contribution in [0, 0.1) is 27.7 Å². The zero-order valence-corrected chi connectivity index (χ0v) is 22.4. The number of carbonyl (C=O) groups excluding carboxylic acids is 1. The van der Waals surface area contributed by atoms with Gasteiger partial charge in [-0.3, -0.25) is 9.10 Å². The first-order valence-corrected chi connectivity index (χ1v) is 13.7. The average Bonchev–Trinajstić information content (AvgIpc) is 2.89. The summed E-state index contributed by atoms with van der Waals surface area (Å²) in [6.45, 7) is 7.45. The number of anilines is 1. The number of hydrogen-bond donors (Lipinski definition) is 1. The van der Waals surface area contributed by atoms with Crippen molar-refractivity contribution in [2.75, 3.05) is 10.8 Å². The van der Waals surface area contributed by atoms with Gasteiger partial charge >= 0.3 is 0 Å². The Morgan fingerprint density at radius 3 is 2.05 bits per heavy atom. The average molecular weight is 513 g/mol. The van der Waals surface area contributed by atoms with Crippen LogP contribution in [0.1, 0.15) is 39.4 Å². The third-order valence-corrected chi connectivity index (χ3v) is 8.40. The van der Waals surface area contributed by atoms with Crippen molar-refractivity contribution in [2.45, 2.75) is 38.6 Å². The van der Waals surface area contributed by atoms with Gasteiger partial charge in [-0.25, -0.2) is 8.42 Å². The zero-order valence-electron chi connectivity index (χ0n) is 21.6. The molecule has 0 unspecified atom stereocenters. The normalized spacial score (nSPS) is 12.1. The van der Waals surface area contributed by atoms with Gasteiger partial charge in [0.25, 0.3) is 10.0 Å². The first-order chi connectivity index (χ1) is 17.7. The number of sulfonamides is 1. The molecule has 4 aromatic carbocycles. The number of nitrogens with zero attached hydrogens (tertiary/aromatic N) is 1. The van der Waals surface area contributed by atoms with Gasteiger partial charge in [-0.15, -0.1) is 0 Å². The van der Waals surface area contributed by atoms with Crippen molar-refractivity contribution in [1.29, 1.82) is 0 Å². The molecule has 4 rings (SSSR count). The lowest BCUT2D eigenvalue weighted by Gasteiger charge is -2.27. The minimum Gasteiger partial charge on any atom is -0.344 e. The molecular weight excluding hydrogens is 480 g/mol. The highest BCUT2D eigenvalue weighted by Crippen LogP contribution is 2.28. The van der Waals surface area contributed by atoms with Crippen molar-refractivity contribution in [3.8, 4) is 0 Å². The first kappa shape index (κ1) is 26.2. The molecule has 0 heterocycles. The Balaban J connectivity index is 1.72. The van der Waals surface area contributed by atoms with E-state index in [4.69, 9.17) is 0 Å². The Morgan fingerprint density at radius 2 is 1.41 bits per heavy atom. The summed E-state index contributed by atoms with van der Waals surface area (Å²) in [4.78, 5) is 13.7. The van der Waals surface area contributed by atoms with Crippen LogP contribution < -0.4 is 9.62 Å². The fraction of sp³-hybridized carbons (Fsp3) is 0.194. The van der Waals surface area contributed by atoms with E-state index in [1.807, 2.05) is 94.4 Å². The Hall–Kier alpha value is -3.90. The molecular formula is C31H32N2O3S. The number of carbonyl (C=O) groups is 1. The highest BCUT2D eigenvalue weighted by atomic mass is 32.2. The van der Waals surface area contributed by atoms with E-state index in [0.717, 1.165) is 33.4 Å². The minimum atomic E-state index is -4.00. The molecule has 0 aliphatic heterocycles. The summed E-state index contributed by atoms with van der Waals surface area (Å²) in [6, 6.07) is 29.3. The van der Waals surface area contributed by atoms with Crippen LogP contribution in [0.4, 0.5) is 5.69 Å². The third-order valence-electron chi connectivity index (χ3n) is 6.61. The maximum atomic E-state index is 13.8. The van der Waals surface area contributed by atoms with Crippen LogP contribution >= 0.6 is 0 Å². The van der Waals surface area contributed by atoms with Crippen LogP contribution in [-0.2, 0) is 14.8 Å². The fourth-order valence-electron chi connectivity index (χ4n) is 4.27. The van der Waals surface area contributed by atoms with Gasteiger partial charge in [-0.05, 0) is 79.8 Å². The highest BCUT2D eigenvalue weighted by Gasteiger charge is 2.29. The van der Waals surface area contributed by atoms with Crippen LogP contribution in [0.5, 0.6) is 0 Å². The molecule has 190 valence electrons. The van der Waals surface area contributed by atoms with Crippen LogP contribution in [0.3, 0.4) is 0 Å². The van der Waals surface area contributed by atoms with Gasteiger partial charge in [-0.2, -0.15) is 0 Å². The molecule has 0 spiro atoms. The molecule has 1 N–H and O–H groups in total. The van der Waals surface area contributed by atoms with Crippen molar-refractivity contribution < 1.29 is 13.2 Å². The van der Waals surface area contributed by atoms with Gasteiger partial charge in [0.1, 0.15) is 6.54 Å². The van der Waals surface area contributed by atoms with Gasteiger partial charge in [-0.1, -0.05) is 78.4 Å². The lowest BCUT2D eigenvalue weighted by Crippen LogP contribution is -2.42. The van der Waals surface area contributed by atoms with Crippen molar-refractivity contribution >= 4 is 21.6 Å². The fourth-order valence-corrected chi connectivity index (χ4v) is 5.68. The quantitative estimate of drug-likeness (QED) is 0.314. The lowest BCUT2D eigenvalue weighted by molar-refractivity contribution is -0.120. The van der Waals surface area contributed by atoms with E-state index in [-0.39, 0.29) is 11.4 Å². The molecule has 0 aliphatic carbocycles. The summed E-state index contributed by atoms with van der Waals surface area (Å²) in [6.07, 6.45) is 0. The van der Waals surface area contributed by atoms with Crippen molar-refractivity contribution in [3.05, 3.63) is 130 Å². The molecule has 5 nitrogen and oxygen atoms in total. The molecule has 0 aromatic heterocycles. The molecule has 0 aliphatic rings. The van der Waals surface area contributed by atoms with Crippen molar-refractivity contribution in [2.24, 2.45) is 0 Å². The number of rotatable bonds is 8. The Labute approximate surface area is 219 Å². The zero-order chi connectivity index (χ0) is 26.6. The standard InChI is InChI=1S/C31H32N2O3S/c1-22-14-18-28(19-15-22)37(35,36)33(27-17-16-23(2)25(4)20-27)21-30(34)32-31(26-11-6-5-7-12-26)29-13-9-8-10-24(29)3/h5-20,31H,21H2,1-4H3,(H,32,34)/t31-/m0/s1. The van der Waals surface area contributed by atoms with Crippen LogP contribution in [-0.4, -0.2) is 20.9 Å². The Bertz CT molecular complexity index is 1500. The van der Waals surface area contributed by atoms with Gasteiger partial charge in [0.05, 0.1) is 16.6 Å². The van der Waals surface area contributed by atoms with E-state index >= 15 is 0 Å². The SMILES string of the molecule is Cc1ccc(S(=O)(=O)N(CC(=O)N[C@@H](c2ccccc2)c2ccccc2C)c2ccc(C)c(C)c2)cc1. The van der Waals surface area contributed by atoms with E-state index in [2.05, 4.69) is 5.32 Å². The smallest absolute Gasteiger partial charge is 0.264 e. The maximum absolute atomic E-state index is 13.8. The van der Waals surface area contributed by atoms with E-state index < -0.39 is 22.0 Å². The molecule has 0 saturated heterocycles. The maximum Gasteiger partial charge on any atom is 0.264 e. The summed E-state index contributed by atoms with van der Waals surface area (Å²) in [5, 5.41) is 3.10. The highest BCUT2D eigenvalue weighted by molar-refractivity contribution is 7.92. The van der Waals surface area contributed by atoms with E-state index in [1.54, 1.807) is 30.3 Å². The largest absolute Gasteiger partial charge is 0.344 e. The minimum absolute atomic E-state index is 0.141. The molecule has 0 radical (unpaired) electrons. The predicted molar refractivity (Wildman–Crippen MR) is 149 cm³/mol. The number of amides is 1. The molecule has 6 heteroatoms. The Morgan fingerprint density at radius 1 is 0.757 bits per heavy atom. The summed E-state index contributed by atoms with van der Waals surface area (Å²) in [5.74, 6) is -0.397. The lowest BCUT2D eigenvalue weighted by atomic mass is 9.95. The molecule has 0 fully saturated rings. The van der Waals surface area contributed by atoms with Crippen LogP contribution in [0.15, 0.2) is 102 Å². The number of hydrogen-bond acceptors (Lipinski definition) is 3. The van der Waals surface area contributed by atoms with Gasteiger partial charge < -0.3 is 5.32 Å². The number of nitrogens with one attached hydrogen (secondary N) is 1. The molecule has 1 atom stereocenters. The van der Waals surface area contributed by atoms with E-state index in [1.165, 1.54) is 4.31 Å². The second-order valence-electron chi connectivity index (χ2n) is 9.36. The molecule has 4 aromatic rings. The first-order valence-electron chi connectivity index (χ1n) is 12.2. The summed E-state index contributed by atoms with van der Waals surface area (Å²) >= 11 is 0. The molecule has 0 bridgehead atoms. The number of aryl methyl sites for hydroxylation is 4. The van der Waals surface area contributed by atoms with E-state index in [9.17, 15) is 13.2 Å². The second-order valence-corrected chi connectivity index (χ2v) is 11.2. The van der Waals surface area contributed by atoms with Gasteiger partial charge in [0.2, 0.25) is 5.91 Å². The van der Waals surface area contributed by atoms with Gasteiger partial charge in [0, 0.05) is 0 Å². The monoisotopic (exact) mass is 512 g/mol. The Kier molecular flexibility index (Phi) is 7.79. The summed E-state index contributed by atoms with van der Waals surface area (Å²) in [5.41, 5.74) is 6.32. The summed E-state index contributed by atoms with van der Waals surface area (Å²) < 4.78 is 28.8. The van der Waals surface area contributed by atoms with Crippen molar-refractivity contribution in [1.82, 2.24) is 5.32 Å². The molecule has 0 saturated carbocycles. The summed E-state index contributed by atoms with van der Waals surface area (Å²) in [7, 11) is -4.00. The van der Waals surface area contributed by atoms with Crippen molar-refractivity contribution in [3.63, 3.8) is 0 Å². The number of benzene rings is 4.